The van der Waals surface area contributed by atoms with Gasteiger partial charge in [-0.1, -0.05) is 29.3 Å². The topological polar surface area (TPSA) is 45.7 Å². The van der Waals surface area contributed by atoms with Crippen molar-refractivity contribution in [2.45, 2.75) is 13.3 Å². The van der Waals surface area contributed by atoms with E-state index >= 15 is 0 Å². The zero-order valence-corrected chi connectivity index (χ0v) is 16.7. The molecule has 0 saturated carbocycles. The second-order valence-electron chi connectivity index (χ2n) is 6.20. The van der Waals surface area contributed by atoms with Crippen molar-refractivity contribution in [3.8, 4) is 5.75 Å². The minimum Gasteiger partial charge on any atom is -0.482 e. The van der Waals surface area contributed by atoms with Crippen LogP contribution in [0.3, 0.4) is 0 Å². The third-order valence-electron chi connectivity index (χ3n) is 3.68. The second kappa shape index (κ2) is 9.76. The van der Waals surface area contributed by atoms with Crippen molar-refractivity contribution in [1.82, 2.24) is 9.88 Å². The number of hydrogen-bond donors (Lipinski definition) is 0. The predicted molar refractivity (Wildman–Crippen MR) is 106 cm³/mol. The maximum Gasteiger partial charge on any atom is 0.266 e. The monoisotopic (exact) mass is 395 g/mol. The number of hydrogen-bond acceptors (Lipinski definition) is 4. The van der Waals surface area contributed by atoms with E-state index in [9.17, 15) is 4.79 Å². The van der Waals surface area contributed by atoms with Crippen LogP contribution in [0.2, 0.25) is 10.0 Å². The van der Waals surface area contributed by atoms with Gasteiger partial charge in [-0.15, -0.1) is 0 Å². The molecule has 2 aromatic rings. The highest BCUT2D eigenvalue weighted by molar-refractivity contribution is 6.35. The van der Waals surface area contributed by atoms with Crippen molar-refractivity contribution in [3.05, 3.63) is 52.1 Å². The Labute approximate surface area is 164 Å². The Morgan fingerprint density at radius 2 is 1.92 bits per heavy atom. The summed E-state index contributed by atoms with van der Waals surface area (Å²) in [5.74, 6) is 0.877. The van der Waals surface area contributed by atoms with Gasteiger partial charge < -0.3 is 9.64 Å². The molecule has 2 rings (SSSR count). The Morgan fingerprint density at radius 3 is 2.58 bits per heavy atom. The predicted octanol–water partition coefficient (Wildman–Crippen LogP) is 4.06. The highest BCUT2D eigenvalue weighted by Gasteiger charge is 2.18. The summed E-state index contributed by atoms with van der Waals surface area (Å²) in [5.41, 5.74) is 0.856. The molecular weight excluding hydrogens is 373 g/mol. The van der Waals surface area contributed by atoms with Crippen LogP contribution in [0.1, 0.15) is 12.1 Å². The number of benzene rings is 1. The number of carbonyl (C=O) groups is 1. The summed E-state index contributed by atoms with van der Waals surface area (Å²) in [6.45, 7) is 3.21. The molecule has 140 valence electrons. The number of aryl methyl sites for hydroxylation is 1. The third kappa shape index (κ3) is 6.16. The lowest BCUT2D eigenvalue weighted by Crippen LogP contribution is -2.37. The molecule has 0 aliphatic carbocycles. The quantitative estimate of drug-likeness (QED) is 0.675. The summed E-state index contributed by atoms with van der Waals surface area (Å²) in [6.07, 6.45) is 0.829. The van der Waals surface area contributed by atoms with Gasteiger partial charge in [-0.05, 0) is 64.3 Å². The molecule has 0 N–H and O–H groups in total. The van der Waals surface area contributed by atoms with Crippen LogP contribution >= 0.6 is 23.2 Å². The number of amides is 1. The van der Waals surface area contributed by atoms with Crippen LogP contribution < -0.4 is 9.64 Å². The first-order valence-corrected chi connectivity index (χ1v) is 9.09. The molecule has 1 aromatic carbocycles. The van der Waals surface area contributed by atoms with Crippen LogP contribution in [0.4, 0.5) is 5.82 Å². The maximum atomic E-state index is 12.8. The maximum absolute atomic E-state index is 12.8. The van der Waals surface area contributed by atoms with Gasteiger partial charge in [0.15, 0.2) is 6.61 Å². The Balaban J connectivity index is 2.08. The molecule has 1 heterocycles. The zero-order chi connectivity index (χ0) is 19.1. The minimum atomic E-state index is -0.173. The van der Waals surface area contributed by atoms with E-state index in [1.165, 1.54) is 0 Å². The van der Waals surface area contributed by atoms with Crippen molar-refractivity contribution in [2.24, 2.45) is 0 Å². The molecule has 0 bridgehead atoms. The normalized spacial score (nSPS) is 10.8. The third-order valence-corrected chi connectivity index (χ3v) is 4.21. The van der Waals surface area contributed by atoms with Crippen LogP contribution in [0.15, 0.2) is 36.4 Å². The summed E-state index contributed by atoms with van der Waals surface area (Å²) in [5, 5.41) is 0.890. The van der Waals surface area contributed by atoms with E-state index < -0.39 is 0 Å². The van der Waals surface area contributed by atoms with Crippen molar-refractivity contribution in [2.75, 3.05) is 38.7 Å². The van der Waals surface area contributed by atoms with Crippen molar-refractivity contribution in [3.63, 3.8) is 0 Å². The number of nitrogens with zero attached hydrogens (tertiary/aromatic N) is 3. The lowest BCUT2D eigenvalue weighted by Gasteiger charge is -2.23. The molecule has 0 spiro atoms. The lowest BCUT2D eigenvalue weighted by molar-refractivity contribution is -0.120. The Hall–Kier alpha value is -1.82. The molecular formula is C19H23Cl2N3O2. The van der Waals surface area contributed by atoms with Crippen molar-refractivity contribution < 1.29 is 9.53 Å². The van der Waals surface area contributed by atoms with Gasteiger partial charge in [0.1, 0.15) is 11.6 Å². The van der Waals surface area contributed by atoms with Crippen LogP contribution in [-0.2, 0) is 4.79 Å². The number of anilines is 1. The highest BCUT2D eigenvalue weighted by Crippen LogP contribution is 2.27. The van der Waals surface area contributed by atoms with Crippen LogP contribution in [0, 0.1) is 6.92 Å². The molecule has 1 amide bonds. The minimum absolute atomic E-state index is 0.126. The number of halogens is 2. The molecule has 0 fully saturated rings. The second-order valence-corrected chi connectivity index (χ2v) is 7.05. The first kappa shape index (κ1) is 20.5. The number of pyridine rings is 1. The number of carbonyl (C=O) groups excluding carboxylic acids is 1. The van der Waals surface area contributed by atoms with Crippen molar-refractivity contribution >= 4 is 34.9 Å². The molecule has 0 aliphatic heterocycles. The molecule has 1 aromatic heterocycles. The SMILES string of the molecule is Cc1cccc(N(CCCN(C)C)C(=O)COc2ccc(Cl)cc2Cl)n1. The van der Waals surface area contributed by atoms with E-state index in [0.29, 0.717) is 28.2 Å². The van der Waals surface area contributed by atoms with Gasteiger partial charge in [0.25, 0.3) is 5.91 Å². The Kier molecular flexibility index (Phi) is 7.69. The van der Waals surface area contributed by atoms with Gasteiger partial charge in [0, 0.05) is 17.3 Å². The van der Waals surface area contributed by atoms with E-state index in [4.69, 9.17) is 27.9 Å². The Bertz CT molecular complexity index is 753. The largest absolute Gasteiger partial charge is 0.482 e. The van der Waals surface area contributed by atoms with Crippen LogP contribution in [0.25, 0.3) is 0 Å². The number of rotatable bonds is 8. The van der Waals surface area contributed by atoms with E-state index in [1.54, 1.807) is 23.1 Å². The molecule has 0 aliphatic rings. The fourth-order valence-corrected chi connectivity index (χ4v) is 2.86. The number of aromatic nitrogens is 1. The Morgan fingerprint density at radius 1 is 1.15 bits per heavy atom. The summed E-state index contributed by atoms with van der Waals surface area (Å²) in [6, 6.07) is 10.5. The summed E-state index contributed by atoms with van der Waals surface area (Å²) < 4.78 is 5.59. The fourth-order valence-electron chi connectivity index (χ4n) is 2.40. The van der Waals surface area contributed by atoms with Gasteiger partial charge in [-0.3, -0.25) is 9.69 Å². The van der Waals surface area contributed by atoms with Gasteiger partial charge >= 0.3 is 0 Å². The molecule has 7 heteroatoms. The average molecular weight is 396 g/mol. The molecule has 0 radical (unpaired) electrons. The van der Waals surface area contributed by atoms with E-state index in [2.05, 4.69) is 9.88 Å². The number of ether oxygens (including phenoxy) is 1. The lowest BCUT2D eigenvalue weighted by atomic mass is 10.3. The van der Waals surface area contributed by atoms with Gasteiger partial charge in [-0.2, -0.15) is 0 Å². The van der Waals surface area contributed by atoms with E-state index in [-0.39, 0.29) is 12.5 Å². The van der Waals surface area contributed by atoms with Crippen LogP contribution in [-0.4, -0.2) is 49.6 Å². The first-order valence-electron chi connectivity index (χ1n) is 8.33. The molecule has 0 unspecified atom stereocenters. The molecule has 5 nitrogen and oxygen atoms in total. The average Bonchev–Trinajstić information content (AvgIpc) is 2.57. The van der Waals surface area contributed by atoms with E-state index in [0.717, 1.165) is 18.7 Å². The van der Waals surface area contributed by atoms with Gasteiger partial charge in [-0.25, -0.2) is 4.98 Å². The van der Waals surface area contributed by atoms with Gasteiger partial charge in [0.2, 0.25) is 0 Å². The molecule has 26 heavy (non-hydrogen) atoms. The van der Waals surface area contributed by atoms with Gasteiger partial charge in [0.05, 0.1) is 5.02 Å². The van der Waals surface area contributed by atoms with Crippen molar-refractivity contribution in [1.29, 1.82) is 0 Å². The summed E-state index contributed by atoms with van der Waals surface area (Å²) in [4.78, 5) is 21.0. The first-order chi connectivity index (χ1) is 12.4. The summed E-state index contributed by atoms with van der Waals surface area (Å²) in [7, 11) is 4.01. The zero-order valence-electron chi connectivity index (χ0n) is 15.2. The standard InChI is InChI=1S/C19H23Cl2N3O2/c1-14-6-4-7-18(22-14)24(11-5-10-23(2)3)19(25)13-26-17-9-8-15(20)12-16(17)21/h4,6-9,12H,5,10-11,13H2,1-3H3. The molecule has 0 atom stereocenters. The highest BCUT2D eigenvalue weighted by atomic mass is 35.5. The van der Waals surface area contributed by atoms with Crippen LogP contribution in [0.5, 0.6) is 5.75 Å². The van der Waals surface area contributed by atoms with E-state index in [1.807, 2.05) is 39.2 Å². The molecule has 0 saturated heterocycles. The smallest absolute Gasteiger partial charge is 0.266 e. The fraction of sp³-hybridized carbons (Fsp3) is 0.368. The summed E-state index contributed by atoms with van der Waals surface area (Å²) >= 11 is 12.0.